The Bertz CT molecular complexity index is 167. The van der Waals surface area contributed by atoms with Crippen molar-refractivity contribution >= 4 is 0 Å². The Labute approximate surface area is 67.3 Å². The molecule has 1 fully saturated rings. The molecule has 0 saturated heterocycles. The molecule has 1 saturated carbocycles. The Kier molecular flexibility index (Phi) is 1.96. The minimum Gasteiger partial charge on any atom is -0.395 e. The molecule has 3 atom stereocenters. The first-order valence-electron chi connectivity index (χ1n) is 4.42. The van der Waals surface area contributed by atoms with Crippen molar-refractivity contribution < 1.29 is 5.11 Å². The van der Waals surface area contributed by atoms with Gasteiger partial charge in [-0.05, 0) is 24.7 Å². The summed E-state index contributed by atoms with van der Waals surface area (Å²) < 4.78 is 0. The molecule has 0 spiro atoms. The molecule has 2 rings (SSSR count). The molecule has 0 aromatic rings. The lowest BCUT2D eigenvalue weighted by molar-refractivity contribution is 0.154. The first-order valence-corrected chi connectivity index (χ1v) is 4.42. The van der Waals surface area contributed by atoms with Gasteiger partial charge in [0.25, 0.3) is 0 Å². The first kappa shape index (κ1) is 7.32. The average Bonchev–Trinajstić information content (AvgIpc) is 2.33. The molecule has 0 aliphatic heterocycles. The van der Waals surface area contributed by atoms with Gasteiger partial charge in [-0.1, -0.05) is 12.2 Å². The van der Waals surface area contributed by atoms with Gasteiger partial charge >= 0.3 is 0 Å². The molecule has 2 N–H and O–H groups in total. The van der Waals surface area contributed by atoms with E-state index in [0.717, 1.165) is 18.4 Å². The fraction of sp³-hybridized carbons (Fsp3) is 0.778. The predicted molar refractivity (Wildman–Crippen MR) is 44.2 cm³/mol. The van der Waals surface area contributed by atoms with E-state index in [1.165, 1.54) is 12.8 Å². The number of rotatable bonds is 3. The van der Waals surface area contributed by atoms with Crippen molar-refractivity contribution in [3.8, 4) is 0 Å². The van der Waals surface area contributed by atoms with Gasteiger partial charge in [0.15, 0.2) is 0 Å². The van der Waals surface area contributed by atoms with E-state index in [4.69, 9.17) is 5.11 Å². The summed E-state index contributed by atoms with van der Waals surface area (Å²) in [6, 6.07) is 0.658. The van der Waals surface area contributed by atoms with Crippen molar-refractivity contribution in [3.63, 3.8) is 0 Å². The Morgan fingerprint density at radius 1 is 1.55 bits per heavy atom. The number of nitrogens with one attached hydrogen (secondary N) is 1. The molecule has 2 nitrogen and oxygen atoms in total. The van der Waals surface area contributed by atoms with Gasteiger partial charge in [0.2, 0.25) is 0 Å². The van der Waals surface area contributed by atoms with Gasteiger partial charge in [-0.25, -0.2) is 0 Å². The van der Waals surface area contributed by atoms with Crippen molar-refractivity contribution in [2.24, 2.45) is 11.8 Å². The molecule has 0 heterocycles. The number of allylic oxidation sites excluding steroid dienone is 1. The molecule has 0 aromatic heterocycles. The SMILES string of the molecule is OCCNC1CC2CC=CC21. The maximum Gasteiger partial charge on any atom is 0.0556 e. The van der Waals surface area contributed by atoms with Crippen LogP contribution < -0.4 is 5.32 Å². The maximum absolute atomic E-state index is 8.59. The van der Waals surface area contributed by atoms with Crippen LogP contribution in [0.2, 0.25) is 0 Å². The summed E-state index contributed by atoms with van der Waals surface area (Å²) in [7, 11) is 0. The largest absolute Gasteiger partial charge is 0.395 e. The minimum absolute atomic E-state index is 0.262. The summed E-state index contributed by atoms with van der Waals surface area (Å²) in [6.07, 6.45) is 7.19. The number of fused-ring (bicyclic) bond motifs is 1. The zero-order valence-corrected chi connectivity index (χ0v) is 6.66. The Hall–Kier alpha value is -0.340. The standard InChI is InChI=1S/C9H15NO/c11-5-4-10-9-6-7-2-1-3-8(7)9/h1,3,7-11H,2,4-6H2. The molecular formula is C9H15NO. The molecule has 2 aliphatic rings. The highest BCUT2D eigenvalue weighted by molar-refractivity contribution is 5.12. The molecule has 0 bridgehead atoms. The number of hydrogen-bond donors (Lipinski definition) is 2. The van der Waals surface area contributed by atoms with E-state index >= 15 is 0 Å². The van der Waals surface area contributed by atoms with Gasteiger partial charge in [-0.2, -0.15) is 0 Å². The van der Waals surface area contributed by atoms with Crippen molar-refractivity contribution in [3.05, 3.63) is 12.2 Å². The Morgan fingerprint density at radius 2 is 2.45 bits per heavy atom. The molecule has 0 aromatic carbocycles. The van der Waals surface area contributed by atoms with Crippen LogP contribution in [0, 0.1) is 11.8 Å². The van der Waals surface area contributed by atoms with Crippen LogP contribution in [-0.2, 0) is 0 Å². The van der Waals surface area contributed by atoms with Crippen molar-refractivity contribution in [2.75, 3.05) is 13.2 Å². The highest BCUT2D eigenvalue weighted by atomic mass is 16.3. The van der Waals surface area contributed by atoms with Gasteiger partial charge in [0, 0.05) is 12.6 Å². The van der Waals surface area contributed by atoms with E-state index < -0.39 is 0 Å². The van der Waals surface area contributed by atoms with E-state index in [-0.39, 0.29) is 6.61 Å². The van der Waals surface area contributed by atoms with Crippen LogP contribution in [0.4, 0.5) is 0 Å². The van der Waals surface area contributed by atoms with Gasteiger partial charge in [-0.15, -0.1) is 0 Å². The monoisotopic (exact) mass is 153 g/mol. The molecule has 2 aliphatic carbocycles. The van der Waals surface area contributed by atoms with Crippen LogP contribution in [0.5, 0.6) is 0 Å². The van der Waals surface area contributed by atoms with E-state index in [1.54, 1.807) is 0 Å². The third-order valence-electron chi connectivity index (χ3n) is 2.88. The topological polar surface area (TPSA) is 32.3 Å². The second kappa shape index (κ2) is 2.95. The summed E-state index contributed by atoms with van der Waals surface area (Å²) >= 11 is 0. The number of hydrogen-bond acceptors (Lipinski definition) is 2. The van der Waals surface area contributed by atoms with E-state index in [2.05, 4.69) is 17.5 Å². The van der Waals surface area contributed by atoms with E-state index in [1.807, 2.05) is 0 Å². The van der Waals surface area contributed by atoms with Crippen LogP contribution in [0.15, 0.2) is 12.2 Å². The van der Waals surface area contributed by atoms with E-state index in [9.17, 15) is 0 Å². The molecule has 0 amide bonds. The zero-order valence-electron chi connectivity index (χ0n) is 6.66. The molecule has 62 valence electrons. The van der Waals surface area contributed by atoms with Crippen molar-refractivity contribution in [1.29, 1.82) is 0 Å². The van der Waals surface area contributed by atoms with Crippen LogP contribution in [0.3, 0.4) is 0 Å². The van der Waals surface area contributed by atoms with Crippen molar-refractivity contribution in [2.45, 2.75) is 18.9 Å². The molecule has 11 heavy (non-hydrogen) atoms. The van der Waals surface area contributed by atoms with Gasteiger partial charge in [-0.3, -0.25) is 0 Å². The predicted octanol–water partition coefficient (Wildman–Crippen LogP) is 0.533. The summed E-state index contributed by atoms with van der Waals surface area (Å²) in [5.41, 5.74) is 0. The lowest BCUT2D eigenvalue weighted by atomic mass is 9.71. The Balaban J connectivity index is 1.77. The number of aliphatic hydroxyl groups excluding tert-OH is 1. The molecule has 3 unspecified atom stereocenters. The lowest BCUT2D eigenvalue weighted by Gasteiger charge is -2.40. The third kappa shape index (κ3) is 1.21. The van der Waals surface area contributed by atoms with Gasteiger partial charge in [0.05, 0.1) is 6.61 Å². The minimum atomic E-state index is 0.262. The van der Waals surface area contributed by atoms with Gasteiger partial charge < -0.3 is 10.4 Å². The zero-order chi connectivity index (χ0) is 7.68. The average molecular weight is 153 g/mol. The summed E-state index contributed by atoms with van der Waals surface area (Å²) in [5.74, 6) is 1.70. The smallest absolute Gasteiger partial charge is 0.0556 e. The van der Waals surface area contributed by atoms with Crippen LogP contribution in [0.1, 0.15) is 12.8 Å². The molecular weight excluding hydrogens is 138 g/mol. The van der Waals surface area contributed by atoms with Crippen LogP contribution in [-0.4, -0.2) is 24.3 Å². The second-order valence-electron chi connectivity index (χ2n) is 3.52. The summed E-state index contributed by atoms with van der Waals surface area (Å²) in [6.45, 7) is 1.01. The summed E-state index contributed by atoms with van der Waals surface area (Å²) in [4.78, 5) is 0. The molecule has 2 heteroatoms. The van der Waals surface area contributed by atoms with E-state index in [0.29, 0.717) is 6.04 Å². The van der Waals surface area contributed by atoms with Crippen LogP contribution >= 0.6 is 0 Å². The summed E-state index contributed by atoms with van der Waals surface area (Å²) in [5, 5.41) is 11.9. The second-order valence-corrected chi connectivity index (χ2v) is 3.52. The van der Waals surface area contributed by atoms with Gasteiger partial charge in [0.1, 0.15) is 0 Å². The fourth-order valence-electron chi connectivity index (χ4n) is 2.20. The fourth-order valence-corrected chi connectivity index (χ4v) is 2.20. The highest BCUT2D eigenvalue weighted by Gasteiger charge is 2.40. The number of aliphatic hydroxyl groups is 1. The highest BCUT2D eigenvalue weighted by Crippen LogP contribution is 2.42. The quantitative estimate of drug-likeness (QED) is 0.580. The normalized spacial score (nSPS) is 40.3. The van der Waals surface area contributed by atoms with Crippen molar-refractivity contribution in [1.82, 2.24) is 5.32 Å². The Morgan fingerprint density at radius 3 is 3.18 bits per heavy atom. The molecule has 0 radical (unpaired) electrons. The lowest BCUT2D eigenvalue weighted by Crippen LogP contribution is -2.48. The third-order valence-corrected chi connectivity index (χ3v) is 2.88. The van der Waals surface area contributed by atoms with Crippen LogP contribution in [0.25, 0.3) is 0 Å². The first-order chi connectivity index (χ1) is 5.42. The maximum atomic E-state index is 8.59.